The van der Waals surface area contributed by atoms with Crippen molar-refractivity contribution in [3.05, 3.63) is 41.7 Å². The van der Waals surface area contributed by atoms with Gasteiger partial charge in [-0.25, -0.2) is 0 Å². The van der Waals surface area contributed by atoms with Crippen LogP contribution in [0.2, 0.25) is 0 Å². The van der Waals surface area contributed by atoms with E-state index in [4.69, 9.17) is 10.9 Å². The SMILES string of the molecule is C#CCCc1cc(-c2cccc(C)c2)no1. The molecule has 0 aliphatic carbocycles. The average molecular weight is 211 g/mol. The Balaban J connectivity index is 2.22. The average Bonchev–Trinajstić information content (AvgIpc) is 2.75. The van der Waals surface area contributed by atoms with Gasteiger partial charge in [0.1, 0.15) is 11.5 Å². The second-order valence-corrected chi connectivity index (χ2v) is 3.75. The minimum atomic E-state index is 0.683. The molecular weight excluding hydrogens is 198 g/mol. The second kappa shape index (κ2) is 4.67. The minimum Gasteiger partial charge on any atom is -0.361 e. The van der Waals surface area contributed by atoms with Gasteiger partial charge in [-0.2, -0.15) is 0 Å². The van der Waals surface area contributed by atoms with Crippen molar-refractivity contribution in [3.63, 3.8) is 0 Å². The molecule has 1 aromatic heterocycles. The van der Waals surface area contributed by atoms with Crippen LogP contribution in [0, 0.1) is 19.3 Å². The van der Waals surface area contributed by atoms with Crippen molar-refractivity contribution in [3.8, 4) is 23.6 Å². The predicted octanol–water partition coefficient (Wildman–Crippen LogP) is 3.22. The van der Waals surface area contributed by atoms with E-state index in [1.54, 1.807) is 0 Å². The van der Waals surface area contributed by atoms with Gasteiger partial charge in [-0.1, -0.05) is 28.9 Å². The Bertz CT molecular complexity index is 520. The molecule has 1 heterocycles. The Morgan fingerprint density at radius 3 is 3.00 bits per heavy atom. The van der Waals surface area contributed by atoms with Gasteiger partial charge in [0.05, 0.1) is 0 Å². The first kappa shape index (κ1) is 10.5. The van der Waals surface area contributed by atoms with E-state index in [0.29, 0.717) is 6.42 Å². The van der Waals surface area contributed by atoms with Crippen LogP contribution in [0.15, 0.2) is 34.9 Å². The monoisotopic (exact) mass is 211 g/mol. The molecule has 2 nitrogen and oxygen atoms in total. The minimum absolute atomic E-state index is 0.683. The van der Waals surface area contributed by atoms with Crippen molar-refractivity contribution >= 4 is 0 Å². The van der Waals surface area contributed by atoms with Crippen LogP contribution in [0.4, 0.5) is 0 Å². The van der Waals surface area contributed by atoms with Crippen LogP contribution in [0.25, 0.3) is 11.3 Å². The van der Waals surface area contributed by atoms with Crippen LogP contribution < -0.4 is 0 Å². The first-order valence-corrected chi connectivity index (χ1v) is 5.25. The molecule has 0 bridgehead atoms. The number of hydrogen-bond acceptors (Lipinski definition) is 2. The third-order valence-corrected chi connectivity index (χ3v) is 2.39. The maximum Gasteiger partial charge on any atom is 0.138 e. The van der Waals surface area contributed by atoms with Crippen LogP contribution in [0.1, 0.15) is 17.7 Å². The summed E-state index contributed by atoms with van der Waals surface area (Å²) in [6.45, 7) is 2.06. The van der Waals surface area contributed by atoms with Gasteiger partial charge in [0.25, 0.3) is 0 Å². The highest BCUT2D eigenvalue weighted by Gasteiger charge is 2.05. The normalized spacial score (nSPS) is 10.0. The fraction of sp³-hybridized carbons (Fsp3) is 0.214. The largest absolute Gasteiger partial charge is 0.361 e. The van der Waals surface area contributed by atoms with Crippen molar-refractivity contribution in [2.45, 2.75) is 19.8 Å². The summed E-state index contributed by atoms with van der Waals surface area (Å²) in [6, 6.07) is 10.1. The van der Waals surface area contributed by atoms with Gasteiger partial charge >= 0.3 is 0 Å². The van der Waals surface area contributed by atoms with Crippen LogP contribution in [-0.2, 0) is 6.42 Å². The summed E-state index contributed by atoms with van der Waals surface area (Å²) in [4.78, 5) is 0. The zero-order valence-corrected chi connectivity index (χ0v) is 9.23. The van der Waals surface area contributed by atoms with E-state index in [-0.39, 0.29) is 0 Å². The van der Waals surface area contributed by atoms with Crippen molar-refractivity contribution in [1.29, 1.82) is 0 Å². The summed E-state index contributed by atoms with van der Waals surface area (Å²) in [7, 11) is 0. The molecule has 0 spiro atoms. The van der Waals surface area contributed by atoms with E-state index in [1.165, 1.54) is 5.56 Å². The lowest BCUT2D eigenvalue weighted by Gasteiger charge is -1.95. The molecule has 16 heavy (non-hydrogen) atoms. The Morgan fingerprint density at radius 2 is 2.25 bits per heavy atom. The molecule has 80 valence electrons. The zero-order valence-electron chi connectivity index (χ0n) is 9.23. The highest BCUT2D eigenvalue weighted by atomic mass is 16.5. The molecule has 1 aromatic carbocycles. The third kappa shape index (κ3) is 2.32. The van der Waals surface area contributed by atoms with Gasteiger partial charge in [0.2, 0.25) is 0 Å². The smallest absolute Gasteiger partial charge is 0.138 e. The third-order valence-electron chi connectivity index (χ3n) is 2.39. The Labute approximate surface area is 95.3 Å². The van der Waals surface area contributed by atoms with Crippen molar-refractivity contribution < 1.29 is 4.52 Å². The van der Waals surface area contributed by atoms with E-state index < -0.39 is 0 Å². The summed E-state index contributed by atoms with van der Waals surface area (Å²) >= 11 is 0. The molecule has 2 heteroatoms. The molecule has 0 N–H and O–H groups in total. The van der Waals surface area contributed by atoms with Crippen molar-refractivity contribution in [2.75, 3.05) is 0 Å². The lowest BCUT2D eigenvalue weighted by atomic mass is 10.1. The van der Waals surface area contributed by atoms with E-state index >= 15 is 0 Å². The molecule has 2 rings (SSSR count). The Morgan fingerprint density at radius 1 is 1.38 bits per heavy atom. The van der Waals surface area contributed by atoms with Crippen LogP contribution in [0.5, 0.6) is 0 Å². The van der Waals surface area contributed by atoms with Crippen molar-refractivity contribution in [1.82, 2.24) is 5.16 Å². The summed E-state index contributed by atoms with van der Waals surface area (Å²) in [5.74, 6) is 3.43. The summed E-state index contributed by atoms with van der Waals surface area (Å²) in [5.41, 5.74) is 3.16. The molecule has 0 unspecified atom stereocenters. The Kier molecular flexibility index (Phi) is 3.07. The second-order valence-electron chi connectivity index (χ2n) is 3.75. The fourth-order valence-electron chi connectivity index (χ4n) is 1.57. The molecule has 0 aliphatic heterocycles. The number of nitrogens with zero attached hydrogens (tertiary/aromatic N) is 1. The molecule has 2 aromatic rings. The molecule has 0 radical (unpaired) electrons. The van der Waals surface area contributed by atoms with Crippen LogP contribution in [0.3, 0.4) is 0 Å². The summed E-state index contributed by atoms with van der Waals surface area (Å²) < 4.78 is 5.22. The first-order chi connectivity index (χ1) is 7.79. The number of hydrogen-bond donors (Lipinski definition) is 0. The predicted molar refractivity (Wildman–Crippen MR) is 63.8 cm³/mol. The maximum atomic E-state index is 5.22. The van der Waals surface area contributed by atoms with E-state index in [2.05, 4.69) is 30.1 Å². The molecule has 0 saturated heterocycles. The van der Waals surface area contributed by atoms with E-state index in [1.807, 2.05) is 18.2 Å². The van der Waals surface area contributed by atoms with Gasteiger partial charge in [0.15, 0.2) is 0 Å². The molecular formula is C14H13NO. The summed E-state index contributed by atoms with van der Waals surface area (Å²) in [6.07, 6.45) is 6.63. The van der Waals surface area contributed by atoms with Gasteiger partial charge in [-0.15, -0.1) is 12.3 Å². The molecule has 0 saturated carbocycles. The maximum absolute atomic E-state index is 5.22. The van der Waals surface area contributed by atoms with E-state index in [0.717, 1.165) is 23.4 Å². The standard InChI is InChI=1S/C14H13NO/c1-3-4-8-13-10-14(15-16-13)12-7-5-6-11(2)9-12/h1,5-7,9-10H,4,8H2,2H3. The zero-order chi connectivity index (χ0) is 11.4. The van der Waals surface area contributed by atoms with Crippen LogP contribution in [-0.4, -0.2) is 5.16 Å². The number of aryl methyl sites for hydroxylation is 2. The summed E-state index contributed by atoms with van der Waals surface area (Å²) in [5, 5.41) is 4.04. The number of aromatic nitrogens is 1. The van der Waals surface area contributed by atoms with Crippen LogP contribution >= 0.6 is 0 Å². The van der Waals surface area contributed by atoms with Gasteiger partial charge in [-0.3, -0.25) is 0 Å². The highest BCUT2D eigenvalue weighted by Crippen LogP contribution is 2.20. The lowest BCUT2D eigenvalue weighted by molar-refractivity contribution is 0.386. The number of rotatable bonds is 3. The topological polar surface area (TPSA) is 26.0 Å². The number of terminal acetylenes is 1. The lowest BCUT2D eigenvalue weighted by Crippen LogP contribution is -1.79. The van der Waals surface area contributed by atoms with Crippen molar-refractivity contribution in [2.24, 2.45) is 0 Å². The highest BCUT2D eigenvalue weighted by molar-refractivity contribution is 5.59. The fourth-order valence-corrected chi connectivity index (χ4v) is 1.57. The Hall–Kier alpha value is -2.01. The molecule has 0 aliphatic rings. The molecule has 0 fully saturated rings. The van der Waals surface area contributed by atoms with Gasteiger partial charge < -0.3 is 4.52 Å². The quantitative estimate of drug-likeness (QED) is 0.728. The van der Waals surface area contributed by atoms with Gasteiger partial charge in [-0.05, 0) is 13.0 Å². The first-order valence-electron chi connectivity index (χ1n) is 5.25. The van der Waals surface area contributed by atoms with Gasteiger partial charge in [0, 0.05) is 24.5 Å². The number of benzene rings is 1. The molecule has 0 atom stereocenters. The van der Waals surface area contributed by atoms with E-state index in [9.17, 15) is 0 Å². The molecule has 0 amide bonds.